The Morgan fingerprint density at radius 2 is 1.92 bits per heavy atom. The van der Waals surface area contributed by atoms with E-state index in [9.17, 15) is 0 Å². The number of hydrogen-bond acceptors (Lipinski definition) is 6. The number of rotatable bonds is 6. The molecule has 1 aromatic carbocycles. The topological polar surface area (TPSA) is 70.6 Å². The van der Waals surface area contributed by atoms with Crippen LogP contribution in [0.3, 0.4) is 0 Å². The molecule has 0 radical (unpaired) electrons. The van der Waals surface area contributed by atoms with Crippen LogP contribution in [0.5, 0.6) is 0 Å². The maximum atomic E-state index is 4.52. The quantitative estimate of drug-likeness (QED) is 0.533. The van der Waals surface area contributed by atoms with Gasteiger partial charge in [-0.3, -0.25) is 10.00 Å². The zero-order chi connectivity index (χ0) is 17.6. The first-order valence-electron chi connectivity index (χ1n) is 8.92. The average molecular weight is 366 g/mol. The number of aromatic amines is 1. The summed E-state index contributed by atoms with van der Waals surface area (Å²) in [6, 6.07) is 10.4. The highest BCUT2D eigenvalue weighted by Crippen LogP contribution is 2.25. The van der Waals surface area contributed by atoms with Crippen molar-refractivity contribution in [3.63, 3.8) is 0 Å². The summed E-state index contributed by atoms with van der Waals surface area (Å²) in [7, 11) is 0. The fourth-order valence-electron chi connectivity index (χ4n) is 3.31. The van der Waals surface area contributed by atoms with E-state index in [-0.39, 0.29) is 0 Å². The predicted molar refractivity (Wildman–Crippen MR) is 102 cm³/mol. The lowest BCUT2D eigenvalue weighted by Gasteiger charge is -2.31. The molecule has 1 aliphatic heterocycles. The zero-order valence-electron chi connectivity index (χ0n) is 14.6. The molecule has 3 aromatic rings. The Morgan fingerprint density at radius 3 is 2.69 bits per heavy atom. The van der Waals surface area contributed by atoms with Crippen LogP contribution in [0.25, 0.3) is 0 Å². The number of aromatic nitrogens is 5. The Bertz CT molecular complexity index is 791. The summed E-state index contributed by atoms with van der Waals surface area (Å²) in [5.74, 6) is 2.33. The summed E-state index contributed by atoms with van der Waals surface area (Å²) in [6.45, 7) is 2.99. The number of benzene rings is 1. The largest absolute Gasteiger partial charge is 0.298 e. The molecule has 3 heterocycles. The fraction of sp³-hybridized carbons (Fsp3) is 0.368. The van der Waals surface area contributed by atoms with Gasteiger partial charge in [-0.2, -0.15) is 5.10 Å². The van der Waals surface area contributed by atoms with Crippen LogP contribution in [0, 0.1) is 0 Å². The molecular weight excluding hydrogens is 344 g/mol. The van der Waals surface area contributed by atoms with Crippen molar-refractivity contribution in [1.29, 1.82) is 0 Å². The first kappa shape index (κ1) is 17.2. The lowest BCUT2D eigenvalue weighted by molar-refractivity contribution is 0.196. The van der Waals surface area contributed by atoms with Crippen LogP contribution in [-0.2, 0) is 12.3 Å². The molecule has 26 heavy (non-hydrogen) atoms. The minimum absolute atomic E-state index is 0.438. The van der Waals surface area contributed by atoms with Crippen molar-refractivity contribution >= 4 is 11.8 Å². The maximum absolute atomic E-state index is 4.52. The molecule has 134 valence electrons. The van der Waals surface area contributed by atoms with Gasteiger partial charge < -0.3 is 0 Å². The molecule has 1 atom stereocenters. The van der Waals surface area contributed by atoms with E-state index in [2.05, 4.69) is 54.3 Å². The Hall–Kier alpha value is -2.25. The van der Waals surface area contributed by atoms with E-state index in [0.29, 0.717) is 5.92 Å². The van der Waals surface area contributed by atoms with Gasteiger partial charge >= 0.3 is 0 Å². The maximum Gasteiger partial charge on any atom is 0.187 e. The van der Waals surface area contributed by atoms with Crippen LogP contribution in [0.1, 0.15) is 35.7 Å². The highest BCUT2D eigenvalue weighted by Gasteiger charge is 2.23. The normalized spacial score (nSPS) is 18.1. The van der Waals surface area contributed by atoms with Gasteiger partial charge in [-0.1, -0.05) is 42.1 Å². The van der Waals surface area contributed by atoms with Crippen LogP contribution in [0.4, 0.5) is 0 Å². The number of thioether (sulfide) groups is 1. The summed E-state index contributed by atoms with van der Waals surface area (Å²) in [5, 5.41) is 7.82. The van der Waals surface area contributed by atoms with Crippen molar-refractivity contribution in [2.45, 2.75) is 36.2 Å². The van der Waals surface area contributed by atoms with Gasteiger partial charge in [0.2, 0.25) is 0 Å². The third-order valence-electron chi connectivity index (χ3n) is 4.62. The van der Waals surface area contributed by atoms with Crippen LogP contribution >= 0.6 is 11.8 Å². The number of H-pyrrole nitrogens is 1. The molecule has 1 aliphatic rings. The lowest BCUT2D eigenvalue weighted by Crippen LogP contribution is -2.34. The SMILES string of the molecule is c1ccc(CSc2ncc(CN3CCC[C@@H](c4ncn[nH]4)C3)cn2)cc1. The monoisotopic (exact) mass is 366 g/mol. The Labute approximate surface area is 157 Å². The second-order valence-corrected chi connectivity index (χ2v) is 7.54. The zero-order valence-corrected chi connectivity index (χ0v) is 15.4. The molecule has 0 spiro atoms. The summed E-state index contributed by atoms with van der Waals surface area (Å²) < 4.78 is 0. The van der Waals surface area contributed by atoms with E-state index < -0.39 is 0 Å². The summed E-state index contributed by atoms with van der Waals surface area (Å²) >= 11 is 1.67. The van der Waals surface area contributed by atoms with Crippen LogP contribution < -0.4 is 0 Å². The van der Waals surface area contributed by atoms with Crippen molar-refractivity contribution < 1.29 is 0 Å². The van der Waals surface area contributed by atoms with Gasteiger partial charge in [0.05, 0.1) is 0 Å². The lowest BCUT2D eigenvalue weighted by atomic mass is 9.97. The van der Waals surface area contributed by atoms with E-state index in [4.69, 9.17) is 0 Å². The molecule has 6 nitrogen and oxygen atoms in total. The van der Waals surface area contributed by atoms with Gasteiger partial charge in [0, 0.05) is 42.7 Å². The predicted octanol–water partition coefficient (Wildman–Crippen LogP) is 3.27. The van der Waals surface area contributed by atoms with E-state index in [1.807, 2.05) is 18.5 Å². The highest BCUT2D eigenvalue weighted by molar-refractivity contribution is 7.98. The number of likely N-dealkylation sites (tertiary alicyclic amines) is 1. The smallest absolute Gasteiger partial charge is 0.187 e. The molecule has 0 amide bonds. The van der Waals surface area contributed by atoms with Crippen LogP contribution in [0.15, 0.2) is 54.2 Å². The van der Waals surface area contributed by atoms with Crippen molar-refractivity contribution in [2.24, 2.45) is 0 Å². The minimum atomic E-state index is 0.438. The van der Waals surface area contributed by atoms with E-state index in [1.54, 1.807) is 18.1 Å². The summed E-state index contributed by atoms with van der Waals surface area (Å²) in [6.07, 6.45) is 7.85. The standard InChI is InChI=1S/C19H22N6S/c1-2-5-15(6-3-1)13-26-19-20-9-16(10-21-19)11-25-8-4-7-17(12-25)18-22-14-23-24-18/h1-3,5-6,9-10,14,17H,4,7-8,11-13H2,(H,22,23,24)/t17-/m1/s1. The molecule has 0 unspecified atom stereocenters. The van der Waals surface area contributed by atoms with E-state index in [0.717, 1.165) is 48.4 Å². The highest BCUT2D eigenvalue weighted by atomic mass is 32.2. The molecule has 2 aromatic heterocycles. The molecule has 7 heteroatoms. The Kier molecular flexibility index (Phi) is 5.56. The van der Waals surface area contributed by atoms with Gasteiger partial charge in [-0.15, -0.1) is 0 Å². The second kappa shape index (κ2) is 8.42. The summed E-state index contributed by atoms with van der Waals surface area (Å²) in [4.78, 5) is 15.8. The molecule has 1 fully saturated rings. The first-order valence-corrected chi connectivity index (χ1v) is 9.90. The van der Waals surface area contributed by atoms with Gasteiger partial charge in [-0.05, 0) is 24.9 Å². The number of nitrogens with one attached hydrogen (secondary N) is 1. The van der Waals surface area contributed by atoms with Crippen molar-refractivity contribution in [3.8, 4) is 0 Å². The Morgan fingerprint density at radius 1 is 1.08 bits per heavy atom. The minimum Gasteiger partial charge on any atom is -0.298 e. The number of piperidine rings is 1. The molecule has 0 bridgehead atoms. The first-order chi connectivity index (χ1) is 12.9. The van der Waals surface area contributed by atoms with Crippen molar-refractivity contribution in [1.82, 2.24) is 30.0 Å². The van der Waals surface area contributed by atoms with E-state index in [1.165, 1.54) is 12.0 Å². The third-order valence-corrected chi connectivity index (χ3v) is 5.57. The number of nitrogens with zero attached hydrogens (tertiary/aromatic N) is 5. The van der Waals surface area contributed by atoms with Crippen molar-refractivity contribution in [3.05, 3.63) is 66.0 Å². The van der Waals surface area contributed by atoms with Crippen molar-refractivity contribution in [2.75, 3.05) is 13.1 Å². The Balaban J connectivity index is 1.31. The molecule has 4 rings (SSSR count). The second-order valence-electron chi connectivity index (χ2n) is 6.59. The van der Waals surface area contributed by atoms with Gasteiger partial charge in [0.1, 0.15) is 12.2 Å². The molecule has 1 N–H and O–H groups in total. The molecule has 0 aliphatic carbocycles. The number of hydrogen-bond donors (Lipinski definition) is 1. The average Bonchev–Trinajstić information content (AvgIpc) is 3.23. The van der Waals surface area contributed by atoms with Gasteiger partial charge in [0.25, 0.3) is 0 Å². The van der Waals surface area contributed by atoms with Gasteiger partial charge in [0.15, 0.2) is 5.16 Å². The van der Waals surface area contributed by atoms with E-state index >= 15 is 0 Å². The molecule has 0 saturated carbocycles. The molecule has 1 saturated heterocycles. The van der Waals surface area contributed by atoms with Gasteiger partial charge in [-0.25, -0.2) is 15.0 Å². The third kappa shape index (κ3) is 4.47. The summed E-state index contributed by atoms with van der Waals surface area (Å²) in [5.41, 5.74) is 2.45. The molecular formula is C19H22N6S. The van der Waals surface area contributed by atoms with Crippen LogP contribution in [0.2, 0.25) is 0 Å². The fourth-order valence-corrected chi connectivity index (χ4v) is 4.06. The van der Waals surface area contributed by atoms with Crippen LogP contribution in [-0.4, -0.2) is 43.1 Å².